The molecule has 1 aliphatic heterocycles. The summed E-state index contributed by atoms with van der Waals surface area (Å²) in [6, 6.07) is 12.2. The molecule has 3 heterocycles. The highest BCUT2D eigenvalue weighted by Gasteiger charge is 2.25. The number of thiophene rings is 1. The SMILES string of the molecule is Cc1ccc(CNC(=O)c2nnc(CN3CCC(C(=O)NCCc4cccs4)CC3)s2)cc1. The van der Waals surface area contributed by atoms with E-state index in [1.54, 1.807) is 11.3 Å². The van der Waals surface area contributed by atoms with E-state index in [-0.39, 0.29) is 17.7 Å². The maximum absolute atomic E-state index is 12.5. The van der Waals surface area contributed by atoms with Crippen molar-refractivity contribution >= 4 is 34.5 Å². The summed E-state index contributed by atoms with van der Waals surface area (Å²) >= 11 is 3.06. The van der Waals surface area contributed by atoms with E-state index >= 15 is 0 Å². The van der Waals surface area contributed by atoms with Crippen molar-refractivity contribution in [2.24, 2.45) is 5.92 Å². The zero-order chi connectivity index (χ0) is 23.0. The number of hydrogen-bond acceptors (Lipinski definition) is 7. The summed E-state index contributed by atoms with van der Waals surface area (Å²) in [6.45, 7) is 5.55. The molecule has 9 heteroatoms. The molecular weight excluding hydrogens is 454 g/mol. The quantitative estimate of drug-likeness (QED) is 0.487. The zero-order valence-corrected chi connectivity index (χ0v) is 20.4. The first-order chi connectivity index (χ1) is 16.1. The second-order valence-electron chi connectivity index (χ2n) is 8.34. The van der Waals surface area contributed by atoms with Crippen molar-refractivity contribution in [1.82, 2.24) is 25.7 Å². The van der Waals surface area contributed by atoms with Crippen LogP contribution in [0.5, 0.6) is 0 Å². The maximum atomic E-state index is 12.5. The molecule has 4 rings (SSSR count). The van der Waals surface area contributed by atoms with E-state index in [4.69, 9.17) is 0 Å². The lowest BCUT2D eigenvalue weighted by molar-refractivity contribution is -0.126. The van der Waals surface area contributed by atoms with E-state index in [9.17, 15) is 9.59 Å². The second kappa shape index (κ2) is 11.5. The number of carbonyl (C=O) groups is 2. The third-order valence-electron chi connectivity index (χ3n) is 5.80. The number of amides is 2. The number of aryl methyl sites for hydroxylation is 1. The third kappa shape index (κ3) is 6.93. The van der Waals surface area contributed by atoms with Crippen molar-refractivity contribution < 1.29 is 9.59 Å². The largest absolute Gasteiger partial charge is 0.355 e. The minimum Gasteiger partial charge on any atom is -0.355 e. The highest BCUT2D eigenvalue weighted by molar-refractivity contribution is 7.13. The summed E-state index contributed by atoms with van der Waals surface area (Å²) < 4.78 is 0. The molecule has 0 saturated carbocycles. The van der Waals surface area contributed by atoms with Gasteiger partial charge in [-0.1, -0.05) is 47.2 Å². The van der Waals surface area contributed by atoms with Crippen molar-refractivity contribution in [2.75, 3.05) is 19.6 Å². The van der Waals surface area contributed by atoms with Crippen LogP contribution in [0.4, 0.5) is 0 Å². The Morgan fingerprint density at radius 3 is 2.61 bits per heavy atom. The normalized spacial score (nSPS) is 14.8. The van der Waals surface area contributed by atoms with E-state index in [2.05, 4.69) is 37.2 Å². The molecule has 0 atom stereocenters. The standard InChI is InChI=1S/C24H29N5O2S2/c1-17-4-6-18(7-5-17)15-26-23(31)24-28-27-21(33-24)16-29-12-9-19(10-13-29)22(30)25-11-8-20-3-2-14-32-20/h2-7,14,19H,8-13,15-16H2,1H3,(H,25,30)(H,26,31). The van der Waals surface area contributed by atoms with Crippen LogP contribution < -0.4 is 10.6 Å². The number of aromatic nitrogens is 2. The highest BCUT2D eigenvalue weighted by atomic mass is 32.1. The molecule has 0 unspecified atom stereocenters. The number of benzene rings is 1. The predicted octanol–water partition coefficient (Wildman–Crippen LogP) is 3.41. The van der Waals surface area contributed by atoms with Gasteiger partial charge in [0.1, 0.15) is 5.01 Å². The van der Waals surface area contributed by atoms with Crippen LogP contribution >= 0.6 is 22.7 Å². The van der Waals surface area contributed by atoms with Gasteiger partial charge in [0.05, 0.1) is 6.54 Å². The van der Waals surface area contributed by atoms with E-state index in [0.29, 0.717) is 24.6 Å². The Bertz CT molecular complexity index is 1040. The highest BCUT2D eigenvalue weighted by Crippen LogP contribution is 2.21. The van der Waals surface area contributed by atoms with Gasteiger partial charge in [-0.3, -0.25) is 14.5 Å². The number of hydrogen-bond donors (Lipinski definition) is 2. The zero-order valence-electron chi connectivity index (χ0n) is 18.8. The molecule has 2 N–H and O–H groups in total. The Balaban J connectivity index is 1.17. The van der Waals surface area contributed by atoms with Gasteiger partial charge in [0.2, 0.25) is 10.9 Å². The van der Waals surface area contributed by atoms with E-state index < -0.39 is 0 Å². The smallest absolute Gasteiger partial charge is 0.282 e. The molecule has 7 nitrogen and oxygen atoms in total. The van der Waals surface area contributed by atoms with Gasteiger partial charge in [0.25, 0.3) is 5.91 Å². The third-order valence-corrected chi connectivity index (χ3v) is 7.65. The van der Waals surface area contributed by atoms with Gasteiger partial charge >= 0.3 is 0 Å². The first-order valence-electron chi connectivity index (χ1n) is 11.3. The van der Waals surface area contributed by atoms with Gasteiger partial charge in [-0.25, -0.2) is 0 Å². The van der Waals surface area contributed by atoms with E-state index in [1.807, 2.05) is 37.3 Å². The van der Waals surface area contributed by atoms with Gasteiger partial charge in [0.15, 0.2) is 0 Å². The van der Waals surface area contributed by atoms with Gasteiger partial charge < -0.3 is 10.6 Å². The number of nitrogens with one attached hydrogen (secondary N) is 2. The van der Waals surface area contributed by atoms with Crippen molar-refractivity contribution in [3.63, 3.8) is 0 Å². The van der Waals surface area contributed by atoms with Crippen molar-refractivity contribution in [3.05, 3.63) is 67.8 Å². The average molecular weight is 484 g/mol. The molecular formula is C24H29N5O2S2. The molecule has 174 valence electrons. The summed E-state index contributed by atoms with van der Waals surface area (Å²) in [5.74, 6) is 0.0361. The molecule has 2 aromatic heterocycles. The van der Waals surface area contributed by atoms with Crippen LogP contribution in [-0.4, -0.2) is 46.5 Å². The first kappa shape index (κ1) is 23.5. The molecule has 0 spiro atoms. The number of piperidine rings is 1. The van der Waals surface area contributed by atoms with Crippen molar-refractivity contribution in [1.29, 1.82) is 0 Å². The first-order valence-corrected chi connectivity index (χ1v) is 12.9. The molecule has 1 aliphatic rings. The van der Waals surface area contributed by atoms with E-state index in [1.165, 1.54) is 21.8 Å². The Morgan fingerprint density at radius 1 is 1.09 bits per heavy atom. The molecule has 1 saturated heterocycles. The summed E-state index contributed by atoms with van der Waals surface area (Å²) in [4.78, 5) is 28.4. The van der Waals surface area contributed by atoms with Gasteiger partial charge in [-0.2, -0.15) is 0 Å². The fourth-order valence-corrected chi connectivity index (χ4v) is 5.33. The topological polar surface area (TPSA) is 87.2 Å². The second-order valence-corrected chi connectivity index (χ2v) is 10.4. The molecule has 2 amide bonds. The van der Waals surface area contributed by atoms with Crippen LogP contribution in [0.1, 0.15) is 43.7 Å². The van der Waals surface area contributed by atoms with Crippen molar-refractivity contribution in [2.45, 2.75) is 39.3 Å². The number of nitrogens with zero attached hydrogens (tertiary/aromatic N) is 3. The van der Waals surface area contributed by atoms with Crippen LogP contribution in [0, 0.1) is 12.8 Å². The average Bonchev–Trinajstić information content (AvgIpc) is 3.51. The molecule has 0 radical (unpaired) electrons. The molecule has 0 bridgehead atoms. The summed E-state index contributed by atoms with van der Waals surface area (Å²) in [5, 5.41) is 17.5. The van der Waals surface area contributed by atoms with Crippen molar-refractivity contribution in [3.8, 4) is 0 Å². The lowest BCUT2D eigenvalue weighted by atomic mass is 9.96. The lowest BCUT2D eigenvalue weighted by Crippen LogP contribution is -2.40. The molecule has 0 aliphatic carbocycles. The Kier molecular flexibility index (Phi) is 8.20. The van der Waals surface area contributed by atoms with Crippen LogP contribution in [0.25, 0.3) is 0 Å². The van der Waals surface area contributed by atoms with Crippen LogP contribution in [0.2, 0.25) is 0 Å². The maximum Gasteiger partial charge on any atom is 0.282 e. The number of rotatable bonds is 9. The lowest BCUT2D eigenvalue weighted by Gasteiger charge is -2.30. The molecule has 3 aromatic rings. The van der Waals surface area contributed by atoms with Gasteiger partial charge in [-0.05, 0) is 56.3 Å². The Hall–Kier alpha value is -2.62. The predicted molar refractivity (Wildman–Crippen MR) is 131 cm³/mol. The molecule has 1 fully saturated rings. The Morgan fingerprint density at radius 2 is 1.88 bits per heavy atom. The Labute approximate surface area is 202 Å². The summed E-state index contributed by atoms with van der Waals surface area (Å²) in [5.41, 5.74) is 2.25. The molecule has 1 aromatic carbocycles. The fraction of sp³-hybridized carbons (Fsp3) is 0.417. The molecule has 33 heavy (non-hydrogen) atoms. The summed E-state index contributed by atoms with van der Waals surface area (Å²) in [7, 11) is 0. The van der Waals surface area contributed by atoms with Gasteiger partial charge in [-0.15, -0.1) is 21.5 Å². The monoisotopic (exact) mass is 483 g/mol. The van der Waals surface area contributed by atoms with E-state index in [0.717, 1.165) is 42.9 Å². The van der Waals surface area contributed by atoms with Crippen LogP contribution in [0.3, 0.4) is 0 Å². The minimum atomic E-state index is -0.197. The fourth-order valence-electron chi connectivity index (χ4n) is 3.83. The number of likely N-dealkylation sites (tertiary alicyclic amines) is 1. The van der Waals surface area contributed by atoms with Crippen LogP contribution in [-0.2, 0) is 24.3 Å². The number of carbonyl (C=O) groups excluding carboxylic acids is 2. The van der Waals surface area contributed by atoms with Crippen LogP contribution in [0.15, 0.2) is 41.8 Å². The minimum absolute atomic E-state index is 0.0714. The van der Waals surface area contributed by atoms with Gasteiger partial charge in [0, 0.05) is 23.9 Å². The summed E-state index contributed by atoms with van der Waals surface area (Å²) in [6.07, 6.45) is 2.57.